The van der Waals surface area contributed by atoms with E-state index in [1.54, 1.807) is 0 Å². The molecule has 76 valence electrons. The molecule has 5 nitrogen and oxygen atoms in total. The summed E-state index contributed by atoms with van der Waals surface area (Å²) in [7, 11) is 0. The molecule has 5 heteroatoms. The highest BCUT2D eigenvalue weighted by Crippen LogP contribution is 2.11. The van der Waals surface area contributed by atoms with Crippen LogP contribution in [0, 0.1) is 0 Å². The van der Waals surface area contributed by atoms with Crippen LogP contribution in [0.15, 0.2) is 12.1 Å². The lowest BCUT2D eigenvalue weighted by molar-refractivity contribution is 0.0696. The Bertz CT molecular complexity index is 339. The molecule has 0 bridgehead atoms. The summed E-state index contributed by atoms with van der Waals surface area (Å²) >= 11 is 0. The number of carbonyl (C=O) groups is 1. The Labute approximate surface area is 81.4 Å². The van der Waals surface area contributed by atoms with E-state index in [1.165, 1.54) is 12.1 Å². The molecule has 0 saturated carbocycles. The fourth-order valence-electron chi connectivity index (χ4n) is 1.15. The van der Waals surface area contributed by atoms with Crippen LogP contribution in [-0.2, 0) is 6.42 Å². The molecule has 1 aromatic heterocycles. The number of hydrogen-bond acceptors (Lipinski definition) is 4. The Morgan fingerprint density at radius 2 is 2.29 bits per heavy atom. The minimum absolute atomic E-state index is 0.125. The second kappa shape index (κ2) is 4.57. The molecule has 0 aromatic carbocycles. The van der Waals surface area contributed by atoms with E-state index in [9.17, 15) is 4.79 Å². The van der Waals surface area contributed by atoms with Crippen LogP contribution in [0.5, 0.6) is 0 Å². The van der Waals surface area contributed by atoms with Crippen molar-refractivity contribution in [2.45, 2.75) is 19.8 Å². The number of rotatable bonds is 4. The van der Waals surface area contributed by atoms with Crippen molar-refractivity contribution in [2.24, 2.45) is 0 Å². The van der Waals surface area contributed by atoms with Gasteiger partial charge >= 0.3 is 5.97 Å². The first-order chi connectivity index (χ1) is 6.67. The van der Waals surface area contributed by atoms with Crippen LogP contribution in [0.3, 0.4) is 0 Å². The summed E-state index contributed by atoms with van der Waals surface area (Å²) in [6, 6.07) is 2.79. The molecule has 0 amide bonds. The topological polar surface area (TPSA) is 82.5 Å². The predicted molar refractivity (Wildman–Crippen MR) is 50.6 cm³/mol. The van der Waals surface area contributed by atoms with Gasteiger partial charge < -0.3 is 5.11 Å². The van der Waals surface area contributed by atoms with Crippen molar-refractivity contribution >= 4 is 11.8 Å². The van der Waals surface area contributed by atoms with E-state index in [-0.39, 0.29) is 11.4 Å². The van der Waals surface area contributed by atoms with Crippen LogP contribution in [0.4, 0.5) is 5.82 Å². The quantitative estimate of drug-likeness (QED) is 0.636. The number of hydrogen-bond donors (Lipinski definition) is 3. The Morgan fingerprint density at radius 1 is 1.57 bits per heavy atom. The number of pyridine rings is 1. The first-order valence-corrected chi connectivity index (χ1v) is 4.31. The largest absolute Gasteiger partial charge is 0.478 e. The van der Waals surface area contributed by atoms with Gasteiger partial charge in [0.2, 0.25) is 0 Å². The zero-order chi connectivity index (χ0) is 10.6. The van der Waals surface area contributed by atoms with Gasteiger partial charge in [0, 0.05) is 5.69 Å². The van der Waals surface area contributed by atoms with Crippen LogP contribution in [-0.4, -0.2) is 21.3 Å². The van der Waals surface area contributed by atoms with E-state index < -0.39 is 5.97 Å². The third kappa shape index (κ3) is 2.43. The minimum atomic E-state index is -1.03. The van der Waals surface area contributed by atoms with Crippen LogP contribution in [0.1, 0.15) is 29.4 Å². The maximum absolute atomic E-state index is 10.7. The highest BCUT2D eigenvalue weighted by molar-refractivity contribution is 5.88. The number of aromatic carboxylic acids is 1. The van der Waals surface area contributed by atoms with Crippen molar-refractivity contribution in [2.75, 3.05) is 5.48 Å². The molecule has 0 aliphatic heterocycles. The van der Waals surface area contributed by atoms with Gasteiger partial charge in [-0.2, -0.15) is 0 Å². The van der Waals surface area contributed by atoms with Gasteiger partial charge in [-0.25, -0.2) is 9.78 Å². The predicted octanol–water partition coefficient (Wildman–Crippen LogP) is 1.53. The van der Waals surface area contributed by atoms with Crippen LogP contribution in [0.25, 0.3) is 0 Å². The lowest BCUT2D eigenvalue weighted by Gasteiger charge is -2.04. The molecule has 0 unspecified atom stereocenters. The van der Waals surface area contributed by atoms with Gasteiger partial charge in [-0.3, -0.25) is 10.7 Å². The fourth-order valence-corrected chi connectivity index (χ4v) is 1.15. The van der Waals surface area contributed by atoms with E-state index in [2.05, 4.69) is 4.98 Å². The van der Waals surface area contributed by atoms with Crippen molar-refractivity contribution in [3.05, 3.63) is 23.4 Å². The molecule has 0 aliphatic carbocycles. The highest BCUT2D eigenvalue weighted by Gasteiger charge is 2.07. The van der Waals surface area contributed by atoms with Gasteiger partial charge in [0.15, 0.2) is 5.82 Å². The van der Waals surface area contributed by atoms with E-state index in [4.69, 9.17) is 10.3 Å². The molecule has 0 atom stereocenters. The normalized spacial score (nSPS) is 9.86. The van der Waals surface area contributed by atoms with Crippen LogP contribution >= 0.6 is 0 Å². The summed E-state index contributed by atoms with van der Waals surface area (Å²) in [4.78, 5) is 14.7. The second-order valence-electron chi connectivity index (χ2n) is 2.90. The van der Waals surface area contributed by atoms with E-state index >= 15 is 0 Å². The number of carboxylic acids is 1. The summed E-state index contributed by atoms with van der Waals surface area (Å²) in [5, 5.41) is 17.4. The smallest absolute Gasteiger partial charge is 0.335 e. The molecule has 3 N–H and O–H groups in total. The molecular formula is C9H12N2O3. The Morgan fingerprint density at radius 3 is 2.79 bits per heavy atom. The number of anilines is 1. The van der Waals surface area contributed by atoms with Crippen molar-refractivity contribution in [3.8, 4) is 0 Å². The monoisotopic (exact) mass is 196 g/mol. The number of aromatic nitrogens is 1. The Hall–Kier alpha value is -1.62. The average molecular weight is 196 g/mol. The number of nitrogens with zero attached hydrogens (tertiary/aromatic N) is 1. The van der Waals surface area contributed by atoms with E-state index in [0.717, 1.165) is 6.42 Å². The van der Waals surface area contributed by atoms with Crippen molar-refractivity contribution in [1.29, 1.82) is 0 Å². The van der Waals surface area contributed by atoms with Crippen LogP contribution < -0.4 is 5.48 Å². The maximum atomic E-state index is 10.7. The summed E-state index contributed by atoms with van der Waals surface area (Å²) in [6.07, 6.45) is 1.57. The van der Waals surface area contributed by atoms with Crippen molar-refractivity contribution in [3.63, 3.8) is 0 Å². The first kappa shape index (κ1) is 10.5. The fraction of sp³-hybridized carbons (Fsp3) is 0.333. The summed E-state index contributed by atoms with van der Waals surface area (Å²) in [5.74, 6) is -0.866. The van der Waals surface area contributed by atoms with Crippen molar-refractivity contribution in [1.82, 2.24) is 4.98 Å². The van der Waals surface area contributed by atoms with Gasteiger partial charge in [-0.15, -0.1) is 0 Å². The van der Waals surface area contributed by atoms with Crippen molar-refractivity contribution < 1.29 is 15.1 Å². The standard InChI is InChI=1S/C9H12N2O3/c1-2-3-7-4-6(9(12)13)5-8(10-7)11-14/h4-5,14H,2-3H2,1H3,(H,10,11)(H,12,13). The molecule has 0 spiro atoms. The third-order valence-electron chi connectivity index (χ3n) is 1.75. The highest BCUT2D eigenvalue weighted by atomic mass is 16.5. The van der Waals surface area contributed by atoms with Gasteiger partial charge in [-0.05, 0) is 18.6 Å². The van der Waals surface area contributed by atoms with Crippen LogP contribution in [0.2, 0.25) is 0 Å². The van der Waals surface area contributed by atoms with Gasteiger partial charge in [-0.1, -0.05) is 13.3 Å². The molecule has 14 heavy (non-hydrogen) atoms. The summed E-state index contributed by atoms with van der Waals surface area (Å²) in [6.45, 7) is 1.97. The van der Waals surface area contributed by atoms with Gasteiger partial charge in [0.05, 0.1) is 5.56 Å². The first-order valence-electron chi connectivity index (χ1n) is 4.31. The zero-order valence-electron chi connectivity index (χ0n) is 7.82. The number of aryl methyl sites for hydroxylation is 1. The lowest BCUT2D eigenvalue weighted by atomic mass is 10.1. The molecule has 0 fully saturated rings. The second-order valence-corrected chi connectivity index (χ2v) is 2.90. The lowest BCUT2D eigenvalue weighted by Crippen LogP contribution is -2.03. The molecule has 1 heterocycles. The third-order valence-corrected chi connectivity index (χ3v) is 1.75. The molecular weight excluding hydrogens is 184 g/mol. The molecule has 0 saturated heterocycles. The Kier molecular flexibility index (Phi) is 3.41. The number of nitrogens with one attached hydrogen (secondary N) is 1. The Balaban J connectivity index is 3.06. The molecule has 0 radical (unpaired) electrons. The summed E-state index contributed by atoms with van der Waals surface area (Å²) < 4.78 is 0. The zero-order valence-corrected chi connectivity index (χ0v) is 7.82. The molecule has 0 aliphatic rings. The average Bonchev–Trinajstić information content (AvgIpc) is 2.17. The SMILES string of the molecule is CCCc1cc(C(=O)O)cc(NO)n1. The van der Waals surface area contributed by atoms with E-state index in [0.29, 0.717) is 12.1 Å². The summed E-state index contributed by atoms with van der Waals surface area (Å²) in [5.41, 5.74) is 2.63. The van der Waals surface area contributed by atoms with Gasteiger partial charge in [0.25, 0.3) is 0 Å². The van der Waals surface area contributed by atoms with Gasteiger partial charge in [0.1, 0.15) is 0 Å². The maximum Gasteiger partial charge on any atom is 0.335 e. The molecule has 1 rings (SSSR count). The van der Waals surface area contributed by atoms with E-state index in [1.807, 2.05) is 12.4 Å². The molecule has 1 aromatic rings. The minimum Gasteiger partial charge on any atom is -0.478 e. The number of carboxylic acid groups (broad SMARTS) is 1.